The van der Waals surface area contributed by atoms with Gasteiger partial charge in [-0.25, -0.2) is 12.8 Å². The fourth-order valence-corrected chi connectivity index (χ4v) is 7.26. The third-order valence-corrected chi connectivity index (χ3v) is 9.95. The summed E-state index contributed by atoms with van der Waals surface area (Å²) in [5, 5.41) is 23.1. The van der Waals surface area contributed by atoms with Gasteiger partial charge >= 0.3 is 5.97 Å². The van der Waals surface area contributed by atoms with Gasteiger partial charge in [-0.15, -0.1) is 0 Å². The van der Waals surface area contributed by atoms with Crippen molar-refractivity contribution >= 4 is 27.6 Å². The average molecular weight is 617 g/mol. The SMILES string of the molecule is CN(C[C@H](O)CNC(C)(C)CC1Cc2ccccc2C1)S(=O)(=O)c1ccc(-c2cc(CCC(=O)O)ccc2F)c(Cl)c1. The molecule has 0 aliphatic heterocycles. The lowest BCUT2D eigenvalue weighted by molar-refractivity contribution is -0.136. The van der Waals surface area contributed by atoms with Gasteiger partial charge in [0.05, 0.1) is 11.0 Å². The quantitative estimate of drug-likeness (QED) is 0.240. The van der Waals surface area contributed by atoms with Crippen LogP contribution in [0.15, 0.2) is 65.6 Å². The minimum absolute atomic E-state index is 0.0387. The fourth-order valence-electron chi connectivity index (χ4n) is 5.68. The highest BCUT2D eigenvalue weighted by atomic mass is 35.5. The molecule has 0 unspecified atom stereocenters. The molecule has 0 fully saturated rings. The maximum absolute atomic E-state index is 14.6. The van der Waals surface area contributed by atoms with Gasteiger partial charge in [0, 0.05) is 48.2 Å². The number of β-amino-alcohol motifs (C(OH)–C–C–N with tert-alkyl or cyclic N) is 1. The van der Waals surface area contributed by atoms with Gasteiger partial charge in [0.25, 0.3) is 0 Å². The molecule has 0 saturated heterocycles. The Morgan fingerprint density at radius 3 is 2.38 bits per heavy atom. The minimum Gasteiger partial charge on any atom is -0.481 e. The predicted octanol–water partition coefficient (Wildman–Crippen LogP) is 5.32. The van der Waals surface area contributed by atoms with E-state index < -0.39 is 27.9 Å². The maximum Gasteiger partial charge on any atom is 0.303 e. The molecule has 0 radical (unpaired) electrons. The van der Waals surface area contributed by atoms with E-state index in [0.29, 0.717) is 17.0 Å². The van der Waals surface area contributed by atoms with Crippen molar-refractivity contribution in [2.24, 2.45) is 5.92 Å². The molecule has 4 rings (SSSR count). The van der Waals surface area contributed by atoms with Gasteiger partial charge in [-0.3, -0.25) is 4.79 Å². The van der Waals surface area contributed by atoms with Crippen LogP contribution in [0.1, 0.15) is 43.4 Å². The molecular weight excluding hydrogens is 579 g/mol. The van der Waals surface area contributed by atoms with Crippen LogP contribution in [0, 0.1) is 11.7 Å². The number of hydrogen-bond acceptors (Lipinski definition) is 5. The summed E-state index contributed by atoms with van der Waals surface area (Å²) in [6.07, 6.45) is 2.18. The van der Waals surface area contributed by atoms with Crippen molar-refractivity contribution in [2.45, 2.75) is 62.5 Å². The van der Waals surface area contributed by atoms with Crippen LogP contribution < -0.4 is 5.32 Å². The summed E-state index contributed by atoms with van der Waals surface area (Å²) in [4.78, 5) is 10.8. The Kier molecular flexibility index (Phi) is 10.1. The van der Waals surface area contributed by atoms with Gasteiger partial charge in [-0.05, 0) is 86.4 Å². The number of likely N-dealkylation sites (N-methyl/N-ethyl adjacent to an activating group) is 1. The topological polar surface area (TPSA) is 107 Å². The Morgan fingerprint density at radius 2 is 1.76 bits per heavy atom. The van der Waals surface area contributed by atoms with Crippen LogP contribution in [0.2, 0.25) is 5.02 Å². The number of halogens is 2. The summed E-state index contributed by atoms with van der Waals surface area (Å²) in [7, 11) is -2.60. The molecule has 0 aromatic heterocycles. The second kappa shape index (κ2) is 13.2. The molecular formula is C32H38ClFN2O5S. The van der Waals surface area contributed by atoms with Crippen LogP contribution in [0.3, 0.4) is 0 Å². The number of aliphatic hydroxyl groups excluding tert-OH is 1. The number of aryl methyl sites for hydroxylation is 1. The van der Waals surface area contributed by atoms with Gasteiger partial charge in [0.15, 0.2) is 0 Å². The summed E-state index contributed by atoms with van der Waals surface area (Å²) in [6.45, 7) is 4.29. The number of carboxylic acids is 1. The Morgan fingerprint density at radius 1 is 1.10 bits per heavy atom. The Labute approximate surface area is 252 Å². The largest absolute Gasteiger partial charge is 0.481 e. The summed E-state index contributed by atoms with van der Waals surface area (Å²) < 4.78 is 42.3. The summed E-state index contributed by atoms with van der Waals surface area (Å²) in [6, 6.07) is 16.8. The number of hydrogen-bond donors (Lipinski definition) is 3. The second-order valence-electron chi connectivity index (χ2n) is 11.8. The van der Waals surface area contributed by atoms with Crippen molar-refractivity contribution in [1.29, 1.82) is 0 Å². The van der Waals surface area contributed by atoms with E-state index >= 15 is 0 Å². The third kappa shape index (κ3) is 7.96. The van der Waals surface area contributed by atoms with E-state index in [2.05, 4.69) is 43.4 Å². The number of aliphatic carboxylic acids is 1. The highest BCUT2D eigenvalue weighted by molar-refractivity contribution is 7.89. The zero-order valence-corrected chi connectivity index (χ0v) is 25.7. The van der Waals surface area contributed by atoms with Crippen molar-refractivity contribution in [3.05, 3.63) is 88.2 Å². The second-order valence-corrected chi connectivity index (χ2v) is 14.3. The first-order chi connectivity index (χ1) is 19.7. The van der Waals surface area contributed by atoms with Crippen molar-refractivity contribution in [2.75, 3.05) is 20.1 Å². The average Bonchev–Trinajstić information content (AvgIpc) is 3.33. The molecule has 7 nitrogen and oxygen atoms in total. The van der Waals surface area contributed by atoms with Crippen molar-refractivity contribution < 1.29 is 27.8 Å². The number of nitrogens with zero attached hydrogens (tertiary/aromatic N) is 1. The first-order valence-corrected chi connectivity index (χ1v) is 15.8. The standard InChI is InChI=1S/C32H38ClFN2O5S/c1-32(2,18-22-14-23-6-4-5-7-24(23)15-22)35-19-25(37)20-36(3)42(40,41)26-10-11-27(29(33)17-26)28-16-21(8-12-30(28)34)9-13-31(38)39/h4-8,10-12,16-17,22,25,35,37H,9,13-15,18-20H2,1-3H3,(H,38,39)/t25-/m1/s1. The molecule has 0 heterocycles. The molecule has 42 heavy (non-hydrogen) atoms. The number of aliphatic hydroxyl groups is 1. The molecule has 1 aliphatic carbocycles. The van der Waals surface area contributed by atoms with Gasteiger partial charge in [-0.2, -0.15) is 4.31 Å². The third-order valence-electron chi connectivity index (χ3n) is 7.82. The lowest BCUT2D eigenvalue weighted by Gasteiger charge is -2.31. The van der Waals surface area contributed by atoms with Crippen LogP contribution in [-0.4, -0.2) is 60.7 Å². The molecule has 3 aromatic carbocycles. The number of carbonyl (C=O) groups is 1. The lowest BCUT2D eigenvalue weighted by Crippen LogP contribution is -2.47. The summed E-state index contributed by atoms with van der Waals surface area (Å²) in [5.41, 5.74) is 3.63. The number of sulfonamides is 1. The highest BCUT2D eigenvalue weighted by Gasteiger charge is 2.29. The number of nitrogens with one attached hydrogen (secondary N) is 1. The molecule has 226 valence electrons. The van der Waals surface area contributed by atoms with E-state index in [1.807, 2.05) is 0 Å². The lowest BCUT2D eigenvalue weighted by atomic mass is 9.88. The smallest absolute Gasteiger partial charge is 0.303 e. The molecule has 3 N–H and O–H groups in total. The number of fused-ring (bicyclic) bond motifs is 1. The number of rotatable bonds is 13. The monoisotopic (exact) mass is 616 g/mol. The fraction of sp³-hybridized carbons (Fsp3) is 0.406. The van der Waals surface area contributed by atoms with Crippen molar-refractivity contribution in [1.82, 2.24) is 9.62 Å². The van der Waals surface area contributed by atoms with Crippen molar-refractivity contribution in [3.8, 4) is 11.1 Å². The summed E-state index contributed by atoms with van der Waals surface area (Å²) in [5.74, 6) is -1.00. The number of carboxylic acid groups (broad SMARTS) is 1. The van der Waals surface area contributed by atoms with E-state index in [4.69, 9.17) is 16.7 Å². The Bertz CT molecular complexity index is 1520. The molecule has 1 atom stereocenters. The van der Waals surface area contributed by atoms with Crippen LogP contribution in [-0.2, 0) is 34.1 Å². The molecule has 1 aliphatic rings. The minimum atomic E-state index is -3.99. The first-order valence-electron chi connectivity index (χ1n) is 14.0. The zero-order valence-electron chi connectivity index (χ0n) is 24.1. The van der Waals surface area contributed by atoms with E-state index in [1.165, 1.54) is 54.6 Å². The Balaban J connectivity index is 1.36. The van der Waals surface area contributed by atoms with E-state index in [1.54, 1.807) is 0 Å². The molecule has 3 aromatic rings. The van der Waals surface area contributed by atoms with E-state index in [-0.39, 0.29) is 47.0 Å². The summed E-state index contributed by atoms with van der Waals surface area (Å²) >= 11 is 6.43. The van der Waals surface area contributed by atoms with Gasteiger partial charge < -0.3 is 15.5 Å². The maximum atomic E-state index is 14.6. The van der Waals surface area contributed by atoms with Crippen LogP contribution in [0.4, 0.5) is 4.39 Å². The zero-order chi connectivity index (χ0) is 30.7. The molecule has 10 heteroatoms. The van der Waals surface area contributed by atoms with E-state index in [9.17, 15) is 22.7 Å². The van der Waals surface area contributed by atoms with E-state index in [0.717, 1.165) is 23.6 Å². The van der Waals surface area contributed by atoms with Gasteiger partial charge in [0.2, 0.25) is 10.0 Å². The molecule has 0 bridgehead atoms. The normalized spacial score (nSPS) is 14.7. The highest BCUT2D eigenvalue weighted by Crippen LogP contribution is 2.34. The van der Waals surface area contributed by atoms with Crippen LogP contribution >= 0.6 is 11.6 Å². The predicted molar refractivity (Wildman–Crippen MR) is 163 cm³/mol. The molecule has 0 amide bonds. The van der Waals surface area contributed by atoms with Crippen molar-refractivity contribution in [3.63, 3.8) is 0 Å². The number of benzene rings is 3. The molecule has 0 saturated carbocycles. The Hall–Kier alpha value is -2.82. The van der Waals surface area contributed by atoms with Crippen LogP contribution in [0.5, 0.6) is 0 Å². The van der Waals surface area contributed by atoms with Gasteiger partial charge in [-0.1, -0.05) is 48.0 Å². The van der Waals surface area contributed by atoms with Gasteiger partial charge in [0.1, 0.15) is 5.82 Å². The molecule has 0 spiro atoms. The van der Waals surface area contributed by atoms with Crippen LogP contribution in [0.25, 0.3) is 11.1 Å². The first kappa shape index (κ1) is 32.1.